The van der Waals surface area contributed by atoms with Crippen LogP contribution in [-0.2, 0) is 11.3 Å². The van der Waals surface area contributed by atoms with Crippen molar-refractivity contribution in [2.75, 3.05) is 11.4 Å². The molecule has 0 fully saturated rings. The van der Waals surface area contributed by atoms with Gasteiger partial charge in [0.25, 0.3) is 5.91 Å². The third-order valence-corrected chi connectivity index (χ3v) is 5.30. The summed E-state index contributed by atoms with van der Waals surface area (Å²) in [5.74, 6) is -0.126. The van der Waals surface area contributed by atoms with E-state index in [1.807, 2.05) is 67.7 Å². The molecule has 28 heavy (non-hydrogen) atoms. The first-order valence-electron chi connectivity index (χ1n) is 9.02. The number of anilines is 1. The van der Waals surface area contributed by atoms with E-state index < -0.39 is 0 Å². The van der Waals surface area contributed by atoms with Crippen molar-refractivity contribution in [3.8, 4) is 0 Å². The van der Waals surface area contributed by atoms with Gasteiger partial charge in [0.15, 0.2) is 5.13 Å². The minimum Gasteiger partial charge on any atom is -0.285 e. The lowest BCUT2D eigenvalue weighted by Gasteiger charge is -2.14. The smallest absolute Gasteiger partial charge is 0.252 e. The molecular weight excluding hydrogens is 370 g/mol. The van der Waals surface area contributed by atoms with Crippen LogP contribution in [0.4, 0.5) is 5.13 Å². The molecule has 7 heteroatoms. The Morgan fingerprint density at radius 1 is 1.14 bits per heavy atom. The van der Waals surface area contributed by atoms with Gasteiger partial charge >= 0.3 is 0 Å². The van der Waals surface area contributed by atoms with Gasteiger partial charge in [-0.3, -0.25) is 9.69 Å². The Morgan fingerprint density at radius 2 is 1.93 bits per heavy atom. The van der Waals surface area contributed by atoms with E-state index in [1.54, 1.807) is 15.7 Å². The lowest BCUT2D eigenvalue weighted by Crippen LogP contribution is -2.28. The Morgan fingerprint density at radius 3 is 2.71 bits per heavy atom. The maximum atomic E-state index is 12.7. The van der Waals surface area contributed by atoms with Crippen LogP contribution in [0.5, 0.6) is 0 Å². The fraction of sp³-hybridized carbons (Fsp3) is 0.143. The summed E-state index contributed by atoms with van der Waals surface area (Å²) in [6.07, 6.45) is 5.03. The fourth-order valence-corrected chi connectivity index (χ4v) is 3.88. The van der Waals surface area contributed by atoms with Crippen LogP contribution in [0.15, 0.2) is 66.9 Å². The van der Waals surface area contributed by atoms with Gasteiger partial charge in [-0.1, -0.05) is 59.0 Å². The Bertz CT molecular complexity index is 1080. The molecule has 0 saturated heterocycles. The third-order valence-electron chi connectivity index (χ3n) is 4.24. The van der Waals surface area contributed by atoms with Crippen LogP contribution in [0.2, 0.25) is 0 Å². The van der Waals surface area contributed by atoms with E-state index in [0.29, 0.717) is 23.9 Å². The number of hydrogen-bond donors (Lipinski definition) is 0. The molecule has 2 aromatic carbocycles. The first-order chi connectivity index (χ1) is 13.7. The Balaban J connectivity index is 1.46. The van der Waals surface area contributed by atoms with Crippen molar-refractivity contribution in [3.05, 3.63) is 78.1 Å². The number of amides is 1. The van der Waals surface area contributed by atoms with Crippen LogP contribution >= 0.6 is 11.3 Å². The van der Waals surface area contributed by atoms with Crippen LogP contribution < -0.4 is 4.90 Å². The van der Waals surface area contributed by atoms with Crippen LogP contribution in [0.3, 0.4) is 0 Å². The second-order valence-corrected chi connectivity index (χ2v) is 7.22. The maximum absolute atomic E-state index is 12.7. The quantitative estimate of drug-likeness (QED) is 0.468. The van der Waals surface area contributed by atoms with Crippen LogP contribution in [0.1, 0.15) is 18.2 Å². The normalized spacial score (nSPS) is 11.3. The largest absolute Gasteiger partial charge is 0.285 e. The summed E-state index contributed by atoms with van der Waals surface area (Å²) in [7, 11) is 0. The number of carbonyl (C=O) groups excluding carboxylic acids is 1. The van der Waals surface area contributed by atoms with Crippen LogP contribution in [-0.4, -0.2) is 32.4 Å². The summed E-state index contributed by atoms with van der Waals surface area (Å²) >= 11 is 1.51. The van der Waals surface area contributed by atoms with Gasteiger partial charge in [-0.2, -0.15) is 0 Å². The van der Waals surface area contributed by atoms with Gasteiger partial charge in [0.05, 0.1) is 23.0 Å². The predicted octanol–water partition coefficient (Wildman–Crippen LogP) is 4.00. The van der Waals surface area contributed by atoms with Crippen LogP contribution in [0, 0.1) is 0 Å². The number of hydrogen-bond acceptors (Lipinski definition) is 5. The van der Waals surface area contributed by atoms with Crippen molar-refractivity contribution in [1.29, 1.82) is 0 Å². The van der Waals surface area contributed by atoms with Gasteiger partial charge in [-0.05, 0) is 30.7 Å². The van der Waals surface area contributed by atoms with E-state index in [0.717, 1.165) is 15.8 Å². The first kappa shape index (κ1) is 18.1. The zero-order valence-corrected chi connectivity index (χ0v) is 16.2. The molecule has 2 heterocycles. The molecule has 140 valence electrons. The average Bonchev–Trinajstić information content (AvgIpc) is 3.34. The topological polar surface area (TPSA) is 63.9 Å². The highest BCUT2D eigenvalue weighted by Gasteiger charge is 2.15. The van der Waals surface area contributed by atoms with Crippen molar-refractivity contribution in [1.82, 2.24) is 20.0 Å². The van der Waals surface area contributed by atoms with E-state index in [9.17, 15) is 4.79 Å². The molecule has 0 spiro atoms. The summed E-state index contributed by atoms with van der Waals surface area (Å²) in [6, 6.07) is 17.9. The van der Waals surface area contributed by atoms with Crippen molar-refractivity contribution >= 4 is 38.7 Å². The second-order valence-electron chi connectivity index (χ2n) is 6.21. The first-order valence-corrected chi connectivity index (χ1v) is 9.84. The molecule has 0 radical (unpaired) electrons. The molecule has 0 saturated carbocycles. The van der Waals surface area contributed by atoms with Gasteiger partial charge < -0.3 is 0 Å². The molecule has 0 aliphatic heterocycles. The number of fused-ring (bicyclic) bond motifs is 1. The number of nitrogens with zero attached hydrogens (tertiary/aromatic N) is 5. The zero-order chi connectivity index (χ0) is 19.3. The van der Waals surface area contributed by atoms with Crippen molar-refractivity contribution in [3.63, 3.8) is 0 Å². The number of rotatable bonds is 6. The Kier molecular flexibility index (Phi) is 5.25. The van der Waals surface area contributed by atoms with E-state index in [4.69, 9.17) is 0 Å². The van der Waals surface area contributed by atoms with Crippen molar-refractivity contribution in [2.24, 2.45) is 0 Å². The molecule has 4 rings (SSSR count). The van der Waals surface area contributed by atoms with Gasteiger partial charge in [-0.25, -0.2) is 9.67 Å². The van der Waals surface area contributed by atoms with Gasteiger partial charge in [0, 0.05) is 12.6 Å². The molecule has 0 aliphatic rings. The molecule has 2 aromatic heterocycles. The summed E-state index contributed by atoms with van der Waals surface area (Å²) in [4.78, 5) is 18.9. The van der Waals surface area contributed by atoms with Gasteiger partial charge in [0.1, 0.15) is 5.69 Å². The Labute approximate surface area is 166 Å². The third kappa shape index (κ3) is 3.99. The number of benzene rings is 2. The number of para-hydroxylation sites is 1. The highest BCUT2D eigenvalue weighted by molar-refractivity contribution is 7.22. The number of likely N-dealkylation sites (N-methyl/N-ethyl adjacent to an activating group) is 1. The van der Waals surface area contributed by atoms with E-state index in [2.05, 4.69) is 15.3 Å². The van der Waals surface area contributed by atoms with Crippen molar-refractivity contribution < 1.29 is 4.79 Å². The van der Waals surface area contributed by atoms with Crippen LogP contribution in [0.25, 0.3) is 16.3 Å². The summed E-state index contributed by atoms with van der Waals surface area (Å²) in [5.41, 5.74) is 2.69. The maximum Gasteiger partial charge on any atom is 0.252 e. The lowest BCUT2D eigenvalue weighted by atomic mass is 10.2. The lowest BCUT2D eigenvalue weighted by molar-refractivity contribution is -0.114. The molecule has 4 aromatic rings. The molecule has 0 atom stereocenters. The van der Waals surface area contributed by atoms with Gasteiger partial charge in [0.2, 0.25) is 0 Å². The highest BCUT2D eigenvalue weighted by atomic mass is 32.1. The summed E-state index contributed by atoms with van der Waals surface area (Å²) < 4.78 is 2.82. The Hall–Kier alpha value is -3.32. The monoisotopic (exact) mass is 389 g/mol. The number of aromatic nitrogens is 4. The molecule has 6 nitrogen and oxygen atoms in total. The molecular formula is C21H19N5OS. The fourth-order valence-electron chi connectivity index (χ4n) is 2.85. The number of thiazole rings is 1. The SMILES string of the molecule is CCN(C(=O)/C=C/c1cn(Cc2ccccc2)nn1)c1nc2ccccc2s1. The van der Waals surface area contributed by atoms with Crippen molar-refractivity contribution in [2.45, 2.75) is 13.5 Å². The molecule has 0 N–H and O–H groups in total. The molecule has 0 aliphatic carbocycles. The van der Waals surface area contributed by atoms with E-state index in [1.165, 1.54) is 17.4 Å². The molecule has 0 unspecified atom stereocenters. The molecule has 0 bridgehead atoms. The predicted molar refractivity (Wildman–Crippen MR) is 112 cm³/mol. The number of carbonyl (C=O) groups is 1. The van der Waals surface area contributed by atoms with Gasteiger partial charge in [-0.15, -0.1) is 5.10 Å². The summed E-state index contributed by atoms with van der Waals surface area (Å²) in [5, 5.41) is 8.94. The standard InChI is InChI=1S/C21H19N5OS/c1-2-26(21-22-18-10-6-7-11-19(18)28-21)20(27)13-12-17-15-25(24-23-17)14-16-8-4-3-5-9-16/h3-13,15H,2,14H2,1H3/b13-12+. The zero-order valence-electron chi connectivity index (χ0n) is 15.4. The minimum atomic E-state index is -0.126. The van der Waals surface area contributed by atoms with E-state index >= 15 is 0 Å². The summed E-state index contributed by atoms with van der Waals surface area (Å²) in [6.45, 7) is 3.13. The average molecular weight is 389 g/mol. The minimum absolute atomic E-state index is 0.126. The second kappa shape index (κ2) is 8.14. The highest BCUT2D eigenvalue weighted by Crippen LogP contribution is 2.28. The molecule has 1 amide bonds. The van der Waals surface area contributed by atoms with E-state index in [-0.39, 0.29) is 5.91 Å².